The predicted molar refractivity (Wildman–Crippen MR) is 48.0 cm³/mol. The Kier molecular flexibility index (Phi) is 5.85. The van der Waals surface area contributed by atoms with E-state index in [0.717, 1.165) is 0 Å². The number of hydrogen-bond donors (Lipinski definition) is 0. The lowest BCUT2D eigenvalue weighted by molar-refractivity contribution is 0.952. The molecule has 0 heteroatoms. The van der Waals surface area contributed by atoms with Crippen molar-refractivity contribution in [2.24, 2.45) is 0 Å². The van der Waals surface area contributed by atoms with E-state index in [2.05, 4.69) is 32.6 Å². The molecule has 0 saturated heterocycles. The summed E-state index contributed by atoms with van der Waals surface area (Å²) in [6.07, 6.45) is 10.5. The van der Waals surface area contributed by atoms with Crippen LogP contribution in [0.15, 0.2) is 36.5 Å². The van der Waals surface area contributed by atoms with Crippen LogP contribution in [0.4, 0.5) is 0 Å². The highest BCUT2D eigenvalue weighted by Crippen LogP contribution is 1.99. The Labute approximate surface area is 64.0 Å². The average molecular weight is 136 g/mol. The minimum absolute atomic E-state index is 1.17. The minimum Gasteiger partial charge on any atom is -0.0991 e. The lowest BCUT2D eigenvalue weighted by atomic mass is 10.2. The van der Waals surface area contributed by atoms with Crippen molar-refractivity contribution >= 4 is 0 Å². The van der Waals surface area contributed by atoms with Crippen molar-refractivity contribution in [3.63, 3.8) is 0 Å². The molecule has 0 fully saturated rings. The molecule has 0 amide bonds. The highest BCUT2D eigenvalue weighted by molar-refractivity contribution is 5.18. The van der Waals surface area contributed by atoms with Crippen LogP contribution in [0.2, 0.25) is 0 Å². The quantitative estimate of drug-likeness (QED) is 0.519. The Balaban J connectivity index is 3.69. The van der Waals surface area contributed by atoms with Crippen LogP contribution >= 0.6 is 0 Å². The Morgan fingerprint density at radius 3 is 2.70 bits per heavy atom. The van der Waals surface area contributed by atoms with E-state index in [1.807, 2.05) is 6.08 Å². The molecule has 0 N–H and O–H groups in total. The molecule has 56 valence electrons. The second kappa shape index (κ2) is 6.34. The van der Waals surface area contributed by atoms with E-state index >= 15 is 0 Å². The molecule has 10 heavy (non-hydrogen) atoms. The Bertz CT molecular complexity index is 138. The largest absolute Gasteiger partial charge is 0.0991 e. The van der Waals surface area contributed by atoms with E-state index in [4.69, 9.17) is 0 Å². The maximum atomic E-state index is 3.60. The maximum absolute atomic E-state index is 3.60. The van der Waals surface area contributed by atoms with Gasteiger partial charge in [0.05, 0.1) is 0 Å². The summed E-state index contributed by atoms with van der Waals surface area (Å²) >= 11 is 0. The predicted octanol–water partition coefficient (Wildman–Crippen LogP) is 3.48. The van der Waals surface area contributed by atoms with Crippen LogP contribution in [0.1, 0.15) is 26.7 Å². The van der Waals surface area contributed by atoms with Gasteiger partial charge in [-0.3, -0.25) is 0 Å². The van der Waals surface area contributed by atoms with Gasteiger partial charge in [0.15, 0.2) is 0 Å². The first-order chi connectivity index (χ1) is 4.81. The fraction of sp³-hybridized carbons (Fsp3) is 0.400. The minimum atomic E-state index is 1.17. The van der Waals surface area contributed by atoms with Gasteiger partial charge in [0, 0.05) is 0 Å². The number of rotatable bonds is 4. The number of unbranched alkanes of at least 4 members (excludes halogenated alkanes) is 1. The van der Waals surface area contributed by atoms with Gasteiger partial charge in [0.1, 0.15) is 0 Å². The van der Waals surface area contributed by atoms with E-state index in [1.165, 1.54) is 18.4 Å². The highest BCUT2D eigenvalue weighted by Gasteiger charge is 1.78. The first-order valence-electron chi connectivity index (χ1n) is 3.77. The molecule has 0 nitrogen and oxygen atoms in total. The molecule has 0 spiro atoms. The molecule has 0 saturated carbocycles. The third-order valence-corrected chi connectivity index (χ3v) is 1.25. The van der Waals surface area contributed by atoms with Crippen molar-refractivity contribution in [2.75, 3.05) is 0 Å². The molecule has 0 aliphatic rings. The van der Waals surface area contributed by atoms with Gasteiger partial charge in [-0.15, -0.1) is 0 Å². The molecule has 0 aromatic heterocycles. The van der Waals surface area contributed by atoms with E-state index in [1.54, 1.807) is 6.08 Å². The van der Waals surface area contributed by atoms with Crippen LogP contribution in [0, 0.1) is 0 Å². The number of hydrogen-bond acceptors (Lipinski definition) is 0. The van der Waals surface area contributed by atoms with E-state index in [0.29, 0.717) is 0 Å². The van der Waals surface area contributed by atoms with Gasteiger partial charge in [0.2, 0.25) is 0 Å². The van der Waals surface area contributed by atoms with Crippen LogP contribution in [-0.2, 0) is 0 Å². The molecule has 0 radical (unpaired) electrons. The van der Waals surface area contributed by atoms with Crippen molar-refractivity contribution in [1.29, 1.82) is 0 Å². The summed E-state index contributed by atoms with van der Waals surface area (Å²) in [5.41, 5.74) is 1.32. The molecular weight excluding hydrogens is 120 g/mol. The van der Waals surface area contributed by atoms with Crippen LogP contribution in [-0.4, -0.2) is 0 Å². The third kappa shape index (κ3) is 5.36. The van der Waals surface area contributed by atoms with Gasteiger partial charge < -0.3 is 0 Å². The summed E-state index contributed by atoms with van der Waals surface area (Å²) in [4.78, 5) is 0. The van der Waals surface area contributed by atoms with Crippen molar-refractivity contribution < 1.29 is 0 Å². The zero-order chi connectivity index (χ0) is 7.82. The Morgan fingerprint density at radius 1 is 1.50 bits per heavy atom. The summed E-state index contributed by atoms with van der Waals surface area (Å²) in [7, 11) is 0. The molecule has 0 aromatic rings. The SMILES string of the molecule is C=C/C=C\C(C)=C/CCC. The lowest BCUT2D eigenvalue weighted by Crippen LogP contribution is -1.68. The summed E-state index contributed by atoms with van der Waals surface area (Å²) in [5, 5.41) is 0. The lowest BCUT2D eigenvalue weighted by Gasteiger charge is -1.88. The van der Waals surface area contributed by atoms with Gasteiger partial charge in [0.25, 0.3) is 0 Å². The van der Waals surface area contributed by atoms with E-state index in [-0.39, 0.29) is 0 Å². The molecule has 0 aliphatic carbocycles. The van der Waals surface area contributed by atoms with Crippen LogP contribution in [0.25, 0.3) is 0 Å². The molecule has 0 aliphatic heterocycles. The standard InChI is InChI=1S/C10H16/c1-4-6-8-10(3)9-7-5-2/h4,6,8-9H,1,5,7H2,2-3H3/b8-6-,10-9-. The van der Waals surface area contributed by atoms with Crippen molar-refractivity contribution in [3.05, 3.63) is 36.5 Å². The first-order valence-corrected chi connectivity index (χ1v) is 3.77. The van der Waals surface area contributed by atoms with Crippen LogP contribution < -0.4 is 0 Å². The van der Waals surface area contributed by atoms with Gasteiger partial charge in [-0.1, -0.05) is 49.8 Å². The Hall–Kier alpha value is -0.780. The van der Waals surface area contributed by atoms with Crippen LogP contribution in [0.3, 0.4) is 0 Å². The van der Waals surface area contributed by atoms with Gasteiger partial charge in [-0.2, -0.15) is 0 Å². The topological polar surface area (TPSA) is 0 Å². The Morgan fingerprint density at radius 2 is 2.20 bits per heavy atom. The molecule has 0 heterocycles. The molecular formula is C10H16. The van der Waals surface area contributed by atoms with E-state index < -0.39 is 0 Å². The van der Waals surface area contributed by atoms with E-state index in [9.17, 15) is 0 Å². The van der Waals surface area contributed by atoms with Crippen molar-refractivity contribution in [1.82, 2.24) is 0 Å². The summed E-state index contributed by atoms with van der Waals surface area (Å²) in [6, 6.07) is 0. The molecule has 0 atom stereocenters. The monoisotopic (exact) mass is 136 g/mol. The van der Waals surface area contributed by atoms with Crippen molar-refractivity contribution in [2.45, 2.75) is 26.7 Å². The second-order valence-electron chi connectivity index (χ2n) is 2.33. The second-order valence-corrected chi connectivity index (χ2v) is 2.33. The molecule has 0 unspecified atom stereocenters. The van der Waals surface area contributed by atoms with Gasteiger partial charge >= 0.3 is 0 Å². The van der Waals surface area contributed by atoms with Gasteiger partial charge in [-0.05, 0) is 13.3 Å². The molecule has 0 bridgehead atoms. The maximum Gasteiger partial charge on any atom is -0.0348 e. The summed E-state index contributed by atoms with van der Waals surface area (Å²) in [6.45, 7) is 7.89. The number of allylic oxidation sites excluding steroid dienone is 5. The zero-order valence-electron chi connectivity index (χ0n) is 6.93. The van der Waals surface area contributed by atoms with Crippen LogP contribution in [0.5, 0.6) is 0 Å². The normalized spacial score (nSPS) is 12.4. The average Bonchev–Trinajstić information content (AvgIpc) is 1.97. The zero-order valence-corrected chi connectivity index (χ0v) is 6.93. The summed E-state index contributed by atoms with van der Waals surface area (Å²) < 4.78 is 0. The fourth-order valence-corrected chi connectivity index (χ4v) is 0.660. The fourth-order valence-electron chi connectivity index (χ4n) is 0.660. The van der Waals surface area contributed by atoms with Crippen molar-refractivity contribution in [3.8, 4) is 0 Å². The smallest absolute Gasteiger partial charge is 0.0348 e. The molecule has 0 aromatic carbocycles. The third-order valence-electron chi connectivity index (χ3n) is 1.25. The highest BCUT2D eigenvalue weighted by atomic mass is 13.8. The first kappa shape index (κ1) is 9.22. The summed E-state index contributed by atoms with van der Waals surface area (Å²) in [5.74, 6) is 0. The van der Waals surface area contributed by atoms with Gasteiger partial charge in [-0.25, -0.2) is 0 Å². The molecule has 0 rings (SSSR count).